The average Bonchev–Trinajstić information content (AvgIpc) is 3.08. The summed E-state index contributed by atoms with van der Waals surface area (Å²) in [6, 6.07) is 11.3. The molecule has 0 saturated heterocycles. The van der Waals surface area contributed by atoms with Gasteiger partial charge in [0.05, 0.1) is 9.82 Å². The zero-order chi connectivity index (χ0) is 20.1. The van der Waals surface area contributed by atoms with Crippen LogP contribution in [0, 0.1) is 10.1 Å². The van der Waals surface area contributed by atoms with Crippen molar-refractivity contribution in [1.29, 1.82) is 0 Å². The van der Waals surface area contributed by atoms with Gasteiger partial charge in [0, 0.05) is 31.0 Å². The smallest absolute Gasteiger partial charge is 0.284 e. The number of nitrogens with zero attached hydrogens (tertiary/aromatic N) is 4. The number of aliphatic hydroxyl groups is 1. The Hall–Kier alpha value is -3.24. The van der Waals surface area contributed by atoms with Gasteiger partial charge in [-0.1, -0.05) is 12.1 Å². The maximum absolute atomic E-state index is 12.5. The Balaban J connectivity index is 1.79. The average molecular weight is 399 g/mol. The zero-order valence-electron chi connectivity index (χ0n) is 14.9. The Bertz CT molecular complexity index is 1000. The summed E-state index contributed by atoms with van der Waals surface area (Å²) in [5, 5.41) is 31.3. The summed E-state index contributed by atoms with van der Waals surface area (Å²) in [7, 11) is 1.74. The summed E-state index contributed by atoms with van der Waals surface area (Å²) >= 11 is 1.10. The minimum atomic E-state index is -0.529. The Morgan fingerprint density at radius 2 is 2.04 bits per heavy atom. The molecular formula is C18H17N5O4S. The standard InChI is InChI=1S/C18H17N5O4S/c1-22-11-19-21-18(22)28-16-7-4-13(10-15(16)23(26)27)17(25)20-14-5-2-12(3-6-14)8-9-24/h2-7,10-11,24H,8-9H2,1H3,(H,20,25). The molecule has 0 aliphatic rings. The van der Waals surface area contributed by atoms with Crippen molar-refractivity contribution in [2.45, 2.75) is 16.5 Å². The summed E-state index contributed by atoms with van der Waals surface area (Å²) in [6.07, 6.45) is 2.03. The number of nitrogens with one attached hydrogen (secondary N) is 1. The van der Waals surface area contributed by atoms with Crippen molar-refractivity contribution in [2.75, 3.05) is 11.9 Å². The van der Waals surface area contributed by atoms with Crippen molar-refractivity contribution in [3.05, 3.63) is 70.0 Å². The van der Waals surface area contributed by atoms with E-state index < -0.39 is 10.8 Å². The molecule has 3 aromatic rings. The van der Waals surface area contributed by atoms with E-state index >= 15 is 0 Å². The van der Waals surface area contributed by atoms with Gasteiger partial charge in [0.2, 0.25) is 0 Å². The lowest BCUT2D eigenvalue weighted by Crippen LogP contribution is -2.12. The van der Waals surface area contributed by atoms with Crippen LogP contribution in [-0.4, -0.2) is 37.3 Å². The van der Waals surface area contributed by atoms with E-state index in [1.807, 2.05) is 0 Å². The third-order valence-corrected chi connectivity index (χ3v) is 5.02. The summed E-state index contributed by atoms with van der Waals surface area (Å²) in [4.78, 5) is 23.8. The van der Waals surface area contributed by atoms with Crippen LogP contribution >= 0.6 is 11.8 Å². The largest absolute Gasteiger partial charge is 0.396 e. The molecule has 0 aliphatic heterocycles. The van der Waals surface area contributed by atoms with Crippen LogP contribution in [0.25, 0.3) is 0 Å². The van der Waals surface area contributed by atoms with E-state index in [1.54, 1.807) is 35.9 Å². The first-order valence-corrected chi connectivity index (χ1v) is 9.11. The van der Waals surface area contributed by atoms with Crippen LogP contribution < -0.4 is 5.32 Å². The Morgan fingerprint density at radius 3 is 2.64 bits per heavy atom. The number of carbonyl (C=O) groups is 1. The zero-order valence-corrected chi connectivity index (χ0v) is 15.7. The van der Waals surface area contributed by atoms with Gasteiger partial charge in [-0.15, -0.1) is 10.2 Å². The fourth-order valence-corrected chi connectivity index (χ4v) is 3.29. The number of aliphatic hydroxyl groups excluding tert-OH is 1. The quantitative estimate of drug-likeness (QED) is 0.462. The van der Waals surface area contributed by atoms with E-state index in [2.05, 4.69) is 15.5 Å². The molecule has 0 atom stereocenters. The predicted molar refractivity (Wildman–Crippen MR) is 103 cm³/mol. The number of anilines is 1. The SMILES string of the molecule is Cn1cnnc1Sc1ccc(C(=O)Nc2ccc(CCO)cc2)cc1[N+](=O)[O-]. The molecule has 2 N–H and O–H groups in total. The van der Waals surface area contributed by atoms with Crippen molar-refractivity contribution in [2.24, 2.45) is 7.05 Å². The normalized spacial score (nSPS) is 10.6. The van der Waals surface area contributed by atoms with Gasteiger partial charge in [0.15, 0.2) is 5.16 Å². The van der Waals surface area contributed by atoms with Gasteiger partial charge in [-0.05, 0) is 48.0 Å². The number of nitro groups is 1. The molecule has 0 bridgehead atoms. The van der Waals surface area contributed by atoms with Gasteiger partial charge in [-0.25, -0.2) is 0 Å². The molecule has 9 nitrogen and oxygen atoms in total. The van der Waals surface area contributed by atoms with Crippen molar-refractivity contribution in [1.82, 2.24) is 14.8 Å². The second-order valence-corrected chi connectivity index (χ2v) is 6.90. The first-order chi connectivity index (χ1) is 13.5. The maximum atomic E-state index is 12.5. The van der Waals surface area contributed by atoms with Crippen molar-refractivity contribution < 1.29 is 14.8 Å². The summed E-state index contributed by atoms with van der Waals surface area (Å²) in [5.41, 5.74) is 1.50. The summed E-state index contributed by atoms with van der Waals surface area (Å²) < 4.78 is 1.65. The van der Waals surface area contributed by atoms with Gasteiger partial charge in [0.25, 0.3) is 11.6 Å². The molecule has 0 radical (unpaired) electrons. The van der Waals surface area contributed by atoms with E-state index in [-0.39, 0.29) is 17.9 Å². The highest BCUT2D eigenvalue weighted by Gasteiger charge is 2.20. The predicted octanol–water partition coefficient (Wildman–Crippen LogP) is 2.66. The molecule has 1 amide bonds. The van der Waals surface area contributed by atoms with Gasteiger partial charge in [0.1, 0.15) is 6.33 Å². The first-order valence-electron chi connectivity index (χ1n) is 8.29. The monoisotopic (exact) mass is 399 g/mol. The molecule has 0 aliphatic carbocycles. The van der Waals surface area contributed by atoms with E-state index in [4.69, 9.17) is 5.11 Å². The number of benzene rings is 2. The lowest BCUT2D eigenvalue weighted by molar-refractivity contribution is -0.387. The molecule has 3 rings (SSSR count). The molecule has 2 aromatic carbocycles. The van der Waals surface area contributed by atoms with Crippen LogP contribution in [0.3, 0.4) is 0 Å². The minimum absolute atomic E-state index is 0.0497. The number of aryl methyl sites for hydroxylation is 1. The Morgan fingerprint density at radius 1 is 1.29 bits per heavy atom. The number of amides is 1. The summed E-state index contributed by atoms with van der Waals surface area (Å²) in [6.45, 7) is 0.0497. The lowest BCUT2D eigenvalue weighted by Gasteiger charge is -2.08. The minimum Gasteiger partial charge on any atom is -0.396 e. The number of hydrogen-bond acceptors (Lipinski definition) is 7. The van der Waals surface area contributed by atoms with Crippen molar-refractivity contribution >= 4 is 29.0 Å². The molecular weight excluding hydrogens is 382 g/mol. The first kappa shape index (κ1) is 19.5. The number of nitro benzene ring substituents is 1. The molecule has 0 fully saturated rings. The third-order valence-electron chi connectivity index (χ3n) is 3.90. The van der Waals surface area contributed by atoms with Crippen LogP contribution in [0.15, 0.2) is 58.8 Å². The van der Waals surface area contributed by atoms with Gasteiger partial charge in [-0.2, -0.15) is 0 Å². The van der Waals surface area contributed by atoms with Crippen LogP contribution in [-0.2, 0) is 13.5 Å². The molecule has 0 spiro atoms. The fourth-order valence-electron chi connectivity index (χ4n) is 2.44. The molecule has 28 heavy (non-hydrogen) atoms. The molecule has 1 heterocycles. The van der Waals surface area contributed by atoms with Gasteiger partial charge in [-0.3, -0.25) is 14.9 Å². The topological polar surface area (TPSA) is 123 Å². The number of aromatic nitrogens is 3. The van der Waals surface area contributed by atoms with Crippen LogP contribution in [0.2, 0.25) is 0 Å². The number of carbonyl (C=O) groups excluding carboxylic acids is 1. The lowest BCUT2D eigenvalue weighted by atomic mass is 10.1. The highest BCUT2D eigenvalue weighted by Crippen LogP contribution is 2.34. The third kappa shape index (κ3) is 4.53. The van der Waals surface area contributed by atoms with E-state index in [0.717, 1.165) is 17.3 Å². The fraction of sp³-hybridized carbons (Fsp3) is 0.167. The molecule has 144 valence electrons. The van der Waals surface area contributed by atoms with E-state index in [0.29, 0.717) is 22.2 Å². The second kappa shape index (κ2) is 8.63. The Labute approximate surface area is 164 Å². The molecule has 10 heteroatoms. The Kier molecular flexibility index (Phi) is 6.02. The van der Waals surface area contributed by atoms with Gasteiger partial charge < -0.3 is 15.0 Å². The molecule has 0 saturated carbocycles. The van der Waals surface area contributed by atoms with Crippen LogP contribution in [0.4, 0.5) is 11.4 Å². The van der Waals surface area contributed by atoms with Gasteiger partial charge >= 0.3 is 0 Å². The molecule has 0 unspecified atom stereocenters. The highest BCUT2D eigenvalue weighted by atomic mass is 32.2. The molecule has 1 aromatic heterocycles. The van der Waals surface area contributed by atoms with Crippen LogP contribution in [0.1, 0.15) is 15.9 Å². The number of rotatable bonds is 7. The summed E-state index contributed by atoms with van der Waals surface area (Å²) in [5.74, 6) is -0.451. The van der Waals surface area contributed by atoms with Crippen molar-refractivity contribution in [3.8, 4) is 0 Å². The van der Waals surface area contributed by atoms with E-state index in [1.165, 1.54) is 24.5 Å². The highest BCUT2D eigenvalue weighted by molar-refractivity contribution is 7.99. The van der Waals surface area contributed by atoms with Crippen molar-refractivity contribution in [3.63, 3.8) is 0 Å². The van der Waals surface area contributed by atoms with Crippen LogP contribution in [0.5, 0.6) is 0 Å². The maximum Gasteiger partial charge on any atom is 0.284 e. The number of hydrogen-bond donors (Lipinski definition) is 2. The second-order valence-electron chi connectivity index (χ2n) is 5.89. The van der Waals surface area contributed by atoms with E-state index in [9.17, 15) is 14.9 Å².